The van der Waals surface area contributed by atoms with Gasteiger partial charge in [-0.25, -0.2) is 4.98 Å². The fourth-order valence-electron chi connectivity index (χ4n) is 2.77. The second kappa shape index (κ2) is 6.47. The van der Waals surface area contributed by atoms with Crippen LogP contribution in [-0.4, -0.2) is 41.0 Å². The van der Waals surface area contributed by atoms with Crippen LogP contribution in [0.1, 0.15) is 25.6 Å². The maximum Gasteiger partial charge on any atom is 0.110 e. The van der Waals surface area contributed by atoms with Crippen molar-refractivity contribution < 1.29 is 9.47 Å². The van der Waals surface area contributed by atoms with E-state index in [1.54, 1.807) is 6.20 Å². The zero-order valence-corrected chi connectivity index (χ0v) is 11.8. The van der Waals surface area contributed by atoms with Crippen LogP contribution >= 0.6 is 0 Å². The Morgan fingerprint density at radius 1 is 1.58 bits per heavy atom. The maximum absolute atomic E-state index is 6.05. The Balaban J connectivity index is 2.14. The molecule has 1 aliphatic heterocycles. The van der Waals surface area contributed by atoms with Gasteiger partial charge in [0.25, 0.3) is 0 Å². The van der Waals surface area contributed by atoms with Crippen LogP contribution in [0.2, 0.25) is 0 Å². The minimum atomic E-state index is -0.256. The molecule has 0 aromatic carbocycles. The van der Waals surface area contributed by atoms with Crippen molar-refractivity contribution in [3.63, 3.8) is 0 Å². The molecule has 0 bridgehead atoms. The van der Waals surface area contributed by atoms with E-state index in [9.17, 15) is 0 Å². The standard InChI is InChI=1S/C13H24N4O2/c1-3-19-13(4-8-18-9-5-13)11(16-14)10-12-15-6-7-17(12)2/h6-7,11,16H,3-5,8-10,14H2,1-2H3. The molecule has 1 aromatic rings. The molecule has 3 N–H and O–H groups in total. The fraction of sp³-hybridized carbons (Fsp3) is 0.769. The van der Waals surface area contributed by atoms with Gasteiger partial charge in [-0.3, -0.25) is 11.3 Å². The van der Waals surface area contributed by atoms with Crippen LogP contribution in [0.5, 0.6) is 0 Å². The zero-order valence-electron chi connectivity index (χ0n) is 11.8. The summed E-state index contributed by atoms with van der Waals surface area (Å²) >= 11 is 0. The third-order valence-electron chi connectivity index (χ3n) is 3.91. The number of hydrogen-bond donors (Lipinski definition) is 2. The first-order valence-corrected chi connectivity index (χ1v) is 6.86. The number of aryl methyl sites for hydroxylation is 1. The topological polar surface area (TPSA) is 74.3 Å². The molecule has 1 saturated heterocycles. The van der Waals surface area contributed by atoms with E-state index in [0.29, 0.717) is 6.61 Å². The highest BCUT2D eigenvalue weighted by Gasteiger charge is 2.41. The Kier molecular flexibility index (Phi) is 4.93. The van der Waals surface area contributed by atoms with Crippen LogP contribution in [-0.2, 0) is 22.9 Å². The lowest BCUT2D eigenvalue weighted by atomic mass is 9.84. The molecule has 1 unspecified atom stereocenters. The summed E-state index contributed by atoms with van der Waals surface area (Å²) in [5.41, 5.74) is 2.67. The van der Waals surface area contributed by atoms with E-state index in [4.69, 9.17) is 15.3 Å². The maximum atomic E-state index is 6.05. The predicted octanol–water partition coefficient (Wildman–Crippen LogP) is 0.380. The molecule has 108 valence electrons. The van der Waals surface area contributed by atoms with Gasteiger partial charge in [-0.2, -0.15) is 0 Å². The monoisotopic (exact) mass is 268 g/mol. The third-order valence-corrected chi connectivity index (χ3v) is 3.91. The second-order valence-electron chi connectivity index (χ2n) is 4.99. The van der Waals surface area contributed by atoms with Crippen LogP contribution in [0, 0.1) is 0 Å². The smallest absolute Gasteiger partial charge is 0.110 e. The fourth-order valence-corrected chi connectivity index (χ4v) is 2.77. The number of aromatic nitrogens is 2. The van der Waals surface area contributed by atoms with Crippen molar-refractivity contribution in [2.24, 2.45) is 12.9 Å². The van der Waals surface area contributed by atoms with E-state index >= 15 is 0 Å². The van der Waals surface area contributed by atoms with Gasteiger partial charge < -0.3 is 14.0 Å². The van der Waals surface area contributed by atoms with E-state index in [1.165, 1.54) is 0 Å². The lowest BCUT2D eigenvalue weighted by Gasteiger charge is -2.42. The largest absolute Gasteiger partial charge is 0.381 e. The molecular formula is C13H24N4O2. The van der Waals surface area contributed by atoms with E-state index in [2.05, 4.69) is 10.4 Å². The minimum absolute atomic E-state index is 0.0393. The van der Waals surface area contributed by atoms with Crippen LogP contribution in [0.3, 0.4) is 0 Å². The van der Waals surface area contributed by atoms with Crippen molar-refractivity contribution in [2.45, 2.75) is 37.8 Å². The van der Waals surface area contributed by atoms with E-state index in [0.717, 1.165) is 38.3 Å². The molecule has 1 atom stereocenters. The summed E-state index contributed by atoms with van der Waals surface area (Å²) in [6, 6.07) is 0.0393. The van der Waals surface area contributed by atoms with Gasteiger partial charge in [-0.15, -0.1) is 0 Å². The molecule has 1 fully saturated rings. The molecule has 6 nitrogen and oxygen atoms in total. The first-order valence-electron chi connectivity index (χ1n) is 6.86. The number of hydrazine groups is 1. The van der Waals surface area contributed by atoms with Crippen LogP contribution in [0.25, 0.3) is 0 Å². The van der Waals surface area contributed by atoms with Crippen LogP contribution < -0.4 is 11.3 Å². The molecule has 2 heterocycles. The van der Waals surface area contributed by atoms with E-state index < -0.39 is 0 Å². The third kappa shape index (κ3) is 3.14. The van der Waals surface area contributed by atoms with Crippen molar-refractivity contribution in [1.29, 1.82) is 0 Å². The van der Waals surface area contributed by atoms with Crippen molar-refractivity contribution in [1.82, 2.24) is 15.0 Å². The highest BCUT2D eigenvalue weighted by molar-refractivity contribution is 5.02. The Bertz CT molecular complexity index is 382. The first-order chi connectivity index (χ1) is 9.22. The molecule has 0 radical (unpaired) electrons. The van der Waals surface area contributed by atoms with Crippen molar-refractivity contribution >= 4 is 0 Å². The zero-order chi connectivity index (χ0) is 13.7. The number of nitrogens with zero attached hydrogens (tertiary/aromatic N) is 2. The Hall–Kier alpha value is -0.950. The van der Waals surface area contributed by atoms with Gasteiger partial charge in [-0.05, 0) is 6.92 Å². The molecule has 0 aliphatic carbocycles. The number of nitrogens with one attached hydrogen (secondary N) is 1. The Morgan fingerprint density at radius 3 is 2.84 bits per heavy atom. The van der Waals surface area contributed by atoms with Gasteiger partial charge >= 0.3 is 0 Å². The second-order valence-corrected chi connectivity index (χ2v) is 4.99. The lowest BCUT2D eigenvalue weighted by molar-refractivity contribution is -0.127. The van der Waals surface area contributed by atoms with Crippen molar-refractivity contribution in [3.8, 4) is 0 Å². The van der Waals surface area contributed by atoms with Crippen LogP contribution in [0.15, 0.2) is 12.4 Å². The highest BCUT2D eigenvalue weighted by atomic mass is 16.5. The first kappa shape index (κ1) is 14.5. The molecule has 1 aliphatic rings. The molecular weight excluding hydrogens is 244 g/mol. The number of rotatable bonds is 6. The summed E-state index contributed by atoms with van der Waals surface area (Å²) in [6.07, 6.45) is 6.22. The van der Waals surface area contributed by atoms with Crippen LogP contribution in [0.4, 0.5) is 0 Å². The molecule has 0 spiro atoms. The number of ether oxygens (including phenoxy) is 2. The van der Waals surface area contributed by atoms with Gasteiger partial charge in [0.15, 0.2) is 0 Å². The number of hydrogen-bond acceptors (Lipinski definition) is 5. The average Bonchev–Trinajstić information content (AvgIpc) is 2.82. The predicted molar refractivity (Wildman–Crippen MR) is 72.4 cm³/mol. The lowest BCUT2D eigenvalue weighted by Crippen LogP contribution is -2.58. The molecule has 2 rings (SSSR count). The van der Waals surface area contributed by atoms with Gasteiger partial charge in [0.1, 0.15) is 5.82 Å². The van der Waals surface area contributed by atoms with E-state index in [-0.39, 0.29) is 11.6 Å². The Labute approximate surface area is 114 Å². The Morgan fingerprint density at radius 2 is 2.32 bits per heavy atom. The quantitative estimate of drug-likeness (QED) is 0.576. The van der Waals surface area contributed by atoms with Crippen molar-refractivity contribution in [2.75, 3.05) is 19.8 Å². The summed E-state index contributed by atoms with van der Waals surface area (Å²) in [5, 5.41) is 0. The average molecular weight is 268 g/mol. The summed E-state index contributed by atoms with van der Waals surface area (Å²) in [4.78, 5) is 4.37. The summed E-state index contributed by atoms with van der Waals surface area (Å²) in [5.74, 6) is 6.79. The van der Waals surface area contributed by atoms with E-state index in [1.807, 2.05) is 24.7 Å². The SMILES string of the molecule is CCOC1(C(Cc2nccn2C)NN)CCOCC1. The van der Waals surface area contributed by atoms with Crippen molar-refractivity contribution in [3.05, 3.63) is 18.2 Å². The summed E-state index contributed by atoms with van der Waals surface area (Å²) < 4.78 is 13.5. The highest BCUT2D eigenvalue weighted by Crippen LogP contribution is 2.30. The molecule has 6 heteroatoms. The molecule has 0 saturated carbocycles. The van der Waals surface area contributed by atoms with Gasteiger partial charge in [0, 0.05) is 58.5 Å². The minimum Gasteiger partial charge on any atom is -0.381 e. The molecule has 19 heavy (non-hydrogen) atoms. The van der Waals surface area contributed by atoms with Gasteiger partial charge in [0.2, 0.25) is 0 Å². The van der Waals surface area contributed by atoms with Gasteiger partial charge in [-0.1, -0.05) is 0 Å². The summed E-state index contributed by atoms with van der Waals surface area (Å²) in [7, 11) is 1.99. The molecule has 1 aromatic heterocycles. The van der Waals surface area contributed by atoms with Gasteiger partial charge in [0.05, 0.1) is 11.6 Å². The summed E-state index contributed by atoms with van der Waals surface area (Å²) in [6.45, 7) is 4.14. The normalized spacial score (nSPS) is 20.4. The molecule has 0 amide bonds. The number of imidazole rings is 1. The number of nitrogens with two attached hydrogens (primary N) is 1.